The van der Waals surface area contributed by atoms with E-state index in [4.69, 9.17) is 0 Å². The van der Waals surface area contributed by atoms with Gasteiger partial charge >= 0.3 is 0 Å². The van der Waals surface area contributed by atoms with Crippen LogP contribution in [0.1, 0.15) is 26.7 Å². The summed E-state index contributed by atoms with van der Waals surface area (Å²) < 4.78 is 0. The van der Waals surface area contributed by atoms with Crippen LogP contribution in [0.3, 0.4) is 0 Å². The van der Waals surface area contributed by atoms with Crippen molar-refractivity contribution in [3.63, 3.8) is 0 Å². The van der Waals surface area contributed by atoms with Crippen LogP contribution in [0.25, 0.3) is 0 Å². The van der Waals surface area contributed by atoms with E-state index in [1.807, 2.05) is 18.7 Å². The molecule has 2 fully saturated rings. The molecule has 0 amide bonds. The third-order valence-corrected chi connectivity index (χ3v) is 4.37. The molecule has 5 nitrogen and oxygen atoms in total. The molecule has 2 aliphatic heterocycles. The fraction of sp³-hybridized carbons (Fsp3) is 1.00. The van der Waals surface area contributed by atoms with Gasteiger partial charge in [0.1, 0.15) is 5.72 Å². The van der Waals surface area contributed by atoms with Gasteiger partial charge in [-0.3, -0.25) is 9.80 Å². The van der Waals surface area contributed by atoms with Gasteiger partial charge in [-0.2, -0.15) is 0 Å². The highest BCUT2D eigenvalue weighted by molar-refractivity contribution is 5.06. The molecule has 0 radical (unpaired) electrons. The summed E-state index contributed by atoms with van der Waals surface area (Å²) in [6, 6.07) is -0.355. The first-order chi connectivity index (χ1) is 8.04. The zero-order valence-corrected chi connectivity index (χ0v) is 10.7. The predicted octanol–water partition coefficient (Wildman–Crippen LogP) is -0.783. The lowest BCUT2D eigenvalue weighted by molar-refractivity contribution is -0.178. The minimum atomic E-state index is -0.996. The Kier molecular flexibility index (Phi) is 3.75. The van der Waals surface area contributed by atoms with Crippen molar-refractivity contribution in [1.82, 2.24) is 9.80 Å². The van der Waals surface area contributed by atoms with Crippen LogP contribution in [0.2, 0.25) is 0 Å². The highest BCUT2D eigenvalue weighted by Gasteiger charge is 2.55. The molecule has 17 heavy (non-hydrogen) atoms. The maximum Gasteiger partial charge on any atom is 0.137 e. The topological polar surface area (TPSA) is 67.2 Å². The molecule has 0 saturated carbocycles. The number of piperidine rings is 1. The largest absolute Gasteiger partial charge is 0.390 e. The average molecular weight is 244 g/mol. The number of hydrogen-bond acceptors (Lipinski definition) is 5. The Hall–Kier alpha value is -0.200. The molecule has 0 bridgehead atoms. The fourth-order valence-electron chi connectivity index (χ4n) is 3.42. The molecule has 2 aliphatic rings. The molecule has 0 aliphatic carbocycles. The standard InChI is InChI=1S/C12H24N2O3/c1-3-14(4-2)12(17)6-8-13-7-5-9(15)10(16)11(12)13/h9-11,15-17H,3-8H2,1-2H3. The SMILES string of the molecule is CCN(CC)C1(O)CCN2CCC(O)C(O)C21. The number of fused-ring (bicyclic) bond motifs is 1. The number of likely N-dealkylation sites (N-methyl/N-ethyl adjacent to an activating group) is 1. The minimum absolute atomic E-state index is 0.355. The van der Waals surface area contributed by atoms with Crippen molar-refractivity contribution in [2.24, 2.45) is 0 Å². The average Bonchev–Trinajstić information content (AvgIpc) is 2.65. The van der Waals surface area contributed by atoms with Gasteiger partial charge in [-0.15, -0.1) is 0 Å². The summed E-state index contributed by atoms with van der Waals surface area (Å²) in [5.74, 6) is 0. The number of rotatable bonds is 3. The van der Waals surface area contributed by atoms with Crippen LogP contribution in [0.15, 0.2) is 0 Å². The summed E-state index contributed by atoms with van der Waals surface area (Å²) in [5, 5.41) is 30.8. The zero-order valence-electron chi connectivity index (χ0n) is 10.7. The maximum atomic E-state index is 10.8. The second kappa shape index (κ2) is 4.82. The van der Waals surface area contributed by atoms with Gasteiger partial charge < -0.3 is 15.3 Å². The smallest absolute Gasteiger partial charge is 0.137 e. The van der Waals surface area contributed by atoms with Crippen molar-refractivity contribution in [2.45, 2.75) is 50.7 Å². The zero-order chi connectivity index (χ0) is 12.6. The molecule has 4 unspecified atom stereocenters. The van der Waals surface area contributed by atoms with Crippen molar-refractivity contribution in [3.8, 4) is 0 Å². The van der Waals surface area contributed by atoms with Crippen LogP contribution in [0.5, 0.6) is 0 Å². The summed E-state index contributed by atoms with van der Waals surface area (Å²) >= 11 is 0. The number of nitrogens with zero attached hydrogens (tertiary/aromatic N) is 2. The normalized spacial score (nSPS) is 43.1. The predicted molar refractivity (Wildman–Crippen MR) is 64.5 cm³/mol. The van der Waals surface area contributed by atoms with Gasteiger partial charge in [0.2, 0.25) is 0 Å². The lowest BCUT2D eigenvalue weighted by Crippen LogP contribution is -2.65. The van der Waals surface area contributed by atoms with Crippen LogP contribution in [-0.4, -0.2) is 75.3 Å². The van der Waals surface area contributed by atoms with Crippen molar-refractivity contribution in [1.29, 1.82) is 0 Å². The molecule has 3 N–H and O–H groups in total. The molecule has 2 saturated heterocycles. The van der Waals surface area contributed by atoms with Crippen molar-refractivity contribution in [2.75, 3.05) is 26.2 Å². The third kappa shape index (κ3) is 2.00. The van der Waals surface area contributed by atoms with Gasteiger partial charge in [-0.25, -0.2) is 0 Å². The molecule has 2 heterocycles. The van der Waals surface area contributed by atoms with E-state index in [9.17, 15) is 15.3 Å². The van der Waals surface area contributed by atoms with Crippen LogP contribution < -0.4 is 0 Å². The lowest BCUT2D eigenvalue weighted by Gasteiger charge is -2.47. The van der Waals surface area contributed by atoms with E-state index < -0.39 is 17.9 Å². The molecular weight excluding hydrogens is 220 g/mol. The molecule has 0 aromatic carbocycles. The molecule has 0 aromatic rings. The van der Waals surface area contributed by atoms with Crippen LogP contribution in [0, 0.1) is 0 Å². The van der Waals surface area contributed by atoms with Crippen molar-refractivity contribution in [3.05, 3.63) is 0 Å². The van der Waals surface area contributed by atoms with E-state index in [1.165, 1.54) is 0 Å². The van der Waals surface area contributed by atoms with Crippen molar-refractivity contribution >= 4 is 0 Å². The third-order valence-electron chi connectivity index (χ3n) is 4.37. The first-order valence-corrected chi connectivity index (χ1v) is 6.62. The van der Waals surface area contributed by atoms with E-state index in [0.717, 1.165) is 26.2 Å². The Morgan fingerprint density at radius 2 is 1.88 bits per heavy atom. The summed E-state index contributed by atoms with van der Waals surface area (Å²) in [6.45, 7) is 7.07. The molecule has 4 atom stereocenters. The van der Waals surface area contributed by atoms with E-state index in [2.05, 4.69) is 4.90 Å². The van der Waals surface area contributed by atoms with Crippen LogP contribution in [-0.2, 0) is 0 Å². The van der Waals surface area contributed by atoms with E-state index in [0.29, 0.717) is 12.8 Å². The lowest BCUT2D eigenvalue weighted by atomic mass is 9.90. The van der Waals surface area contributed by atoms with Gasteiger partial charge in [-0.1, -0.05) is 13.8 Å². The molecule has 0 aromatic heterocycles. The second-order valence-electron chi connectivity index (χ2n) is 5.13. The van der Waals surface area contributed by atoms with Crippen LogP contribution >= 0.6 is 0 Å². The minimum Gasteiger partial charge on any atom is -0.390 e. The quantitative estimate of drug-likeness (QED) is 0.568. The highest BCUT2D eigenvalue weighted by Crippen LogP contribution is 2.37. The van der Waals surface area contributed by atoms with Gasteiger partial charge in [-0.05, 0) is 19.5 Å². The van der Waals surface area contributed by atoms with Crippen LogP contribution in [0.4, 0.5) is 0 Å². The Morgan fingerprint density at radius 3 is 2.47 bits per heavy atom. The van der Waals surface area contributed by atoms with Gasteiger partial charge in [0.25, 0.3) is 0 Å². The van der Waals surface area contributed by atoms with Crippen molar-refractivity contribution < 1.29 is 15.3 Å². The van der Waals surface area contributed by atoms with Gasteiger partial charge in [0.05, 0.1) is 18.2 Å². The monoisotopic (exact) mass is 244 g/mol. The van der Waals surface area contributed by atoms with E-state index >= 15 is 0 Å². The first-order valence-electron chi connectivity index (χ1n) is 6.62. The Morgan fingerprint density at radius 1 is 1.24 bits per heavy atom. The maximum absolute atomic E-state index is 10.8. The summed E-state index contributed by atoms with van der Waals surface area (Å²) in [4.78, 5) is 4.09. The second-order valence-corrected chi connectivity index (χ2v) is 5.13. The Bertz CT molecular complexity index is 272. The highest BCUT2D eigenvalue weighted by atomic mass is 16.3. The van der Waals surface area contributed by atoms with E-state index in [-0.39, 0.29) is 6.04 Å². The first kappa shape index (κ1) is 13.2. The fourth-order valence-corrected chi connectivity index (χ4v) is 3.42. The Balaban J connectivity index is 2.24. The molecule has 100 valence electrons. The van der Waals surface area contributed by atoms with Gasteiger partial charge in [0.15, 0.2) is 0 Å². The molecule has 2 rings (SSSR count). The number of hydrogen-bond donors (Lipinski definition) is 3. The van der Waals surface area contributed by atoms with Gasteiger partial charge in [0, 0.05) is 19.5 Å². The van der Waals surface area contributed by atoms with E-state index in [1.54, 1.807) is 0 Å². The molecule has 5 heteroatoms. The number of aliphatic hydroxyl groups excluding tert-OH is 2. The summed E-state index contributed by atoms with van der Waals surface area (Å²) in [7, 11) is 0. The number of aliphatic hydroxyl groups is 3. The Labute approximate surface area is 103 Å². The summed E-state index contributed by atoms with van der Waals surface area (Å²) in [6.07, 6.45) is -0.330. The molecule has 0 spiro atoms. The molecular formula is C12H24N2O3. The summed E-state index contributed by atoms with van der Waals surface area (Å²) in [5.41, 5.74) is -0.996.